The zero-order valence-corrected chi connectivity index (χ0v) is 12.5. The van der Waals surface area contributed by atoms with Gasteiger partial charge in [0, 0.05) is 0 Å². The molecule has 3 nitrogen and oxygen atoms in total. The Morgan fingerprint density at radius 1 is 1.35 bits per heavy atom. The molecule has 0 saturated heterocycles. The molecule has 0 aliphatic heterocycles. The molecule has 1 N–H and O–H groups in total. The van der Waals surface area contributed by atoms with Gasteiger partial charge in [0.25, 0.3) is 0 Å². The molecule has 0 radical (unpaired) electrons. The minimum Gasteiger partial charge on any atom is -0.495 e. The normalized spacial score (nSPS) is 25.8. The van der Waals surface area contributed by atoms with Crippen LogP contribution in [-0.4, -0.2) is 12.6 Å². The highest BCUT2D eigenvalue weighted by molar-refractivity contribution is 5.58. The Kier molecular flexibility index (Phi) is 4.89. The topological polar surface area (TPSA) is 45.0 Å². The van der Waals surface area contributed by atoms with Gasteiger partial charge in [-0.15, -0.1) is 0 Å². The number of para-hydroxylation sites is 2. The van der Waals surface area contributed by atoms with Crippen LogP contribution in [0.1, 0.15) is 45.4 Å². The number of benzene rings is 1. The van der Waals surface area contributed by atoms with E-state index in [0.29, 0.717) is 0 Å². The zero-order valence-electron chi connectivity index (χ0n) is 12.5. The first kappa shape index (κ1) is 14.7. The van der Waals surface area contributed by atoms with E-state index in [1.54, 1.807) is 7.11 Å². The Morgan fingerprint density at radius 3 is 2.65 bits per heavy atom. The molecule has 0 amide bonds. The smallest absolute Gasteiger partial charge is 0.141 e. The second kappa shape index (κ2) is 6.65. The molecule has 108 valence electrons. The van der Waals surface area contributed by atoms with E-state index in [1.165, 1.54) is 12.8 Å². The van der Waals surface area contributed by atoms with Crippen LogP contribution in [0.3, 0.4) is 0 Å². The summed E-state index contributed by atoms with van der Waals surface area (Å²) >= 11 is 0. The molecule has 1 saturated carbocycles. The van der Waals surface area contributed by atoms with E-state index in [1.807, 2.05) is 24.3 Å². The van der Waals surface area contributed by atoms with Crippen molar-refractivity contribution in [2.75, 3.05) is 12.4 Å². The molecule has 0 heterocycles. The van der Waals surface area contributed by atoms with Crippen molar-refractivity contribution in [2.45, 2.75) is 51.0 Å². The highest BCUT2D eigenvalue weighted by Gasteiger charge is 2.35. The van der Waals surface area contributed by atoms with Crippen LogP contribution < -0.4 is 10.1 Å². The SMILES string of the molecule is CCCC1CCC(C#N)(Nc2ccccc2OC)CC1. The molecule has 1 fully saturated rings. The lowest BCUT2D eigenvalue weighted by Gasteiger charge is -2.36. The highest BCUT2D eigenvalue weighted by Crippen LogP contribution is 2.38. The molecule has 0 atom stereocenters. The predicted molar refractivity (Wildman–Crippen MR) is 81.8 cm³/mol. The average Bonchev–Trinajstić information content (AvgIpc) is 2.50. The van der Waals surface area contributed by atoms with Gasteiger partial charge in [0.15, 0.2) is 0 Å². The monoisotopic (exact) mass is 272 g/mol. The van der Waals surface area contributed by atoms with Gasteiger partial charge in [0.1, 0.15) is 11.3 Å². The van der Waals surface area contributed by atoms with Crippen LogP contribution in [0.25, 0.3) is 0 Å². The Balaban J connectivity index is 2.08. The molecule has 0 unspecified atom stereocenters. The fraction of sp³-hybridized carbons (Fsp3) is 0.588. The number of anilines is 1. The van der Waals surface area contributed by atoms with Gasteiger partial charge in [-0.25, -0.2) is 0 Å². The standard InChI is InChI=1S/C17H24N2O/c1-3-6-14-9-11-17(13-18,12-10-14)19-15-7-4-5-8-16(15)20-2/h4-5,7-8,14,19H,3,6,9-12H2,1-2H3. The number of methoxy groups -OCH3 is 1. The summed E-state index contributed by atoms with van der Waals surface area (Å²) in [5.74, 6) is 1.60. The molecule has 1 aromatic rings. The summed E-state index contributed by atoms with van der Waals surface area (Å²) in [7, 11) is 1.66. The van der Waals surface area contributed by atoms with Crippen LogP contribution in [0, 0.1) is 17.2 Å². The first-order valence-electron chi connectivity index (χ1n) is 7.55. The van der Waals surface area contributed by atoms with E-state index in [4.69, 9.17) is 4.74 Å². The number of nitrogens with one attached hydrogen (secondary N) is 1. The lowest BCUT2D eigenvalue weighted by Crippen LogP contribution is -2.40. The number of nitrogens with zero attached hydrogens (tertiary/aromatic N) is 1. The summed E-state index contributed by atoms with van der Waals surface area (Å²) in [6.07, 6.45) is 6.66. The summed E-state index contributed by atoms with van der Waals surface area (Å²) < 4.78 is 5.36. The van der Waals surface area contributed by atoms with Crippen LogP contribution in [0.2, 0.25) is 0 Å². The van der Waals surface area contributed by atoms with Crippen molar-refractivity contribution >= 4 is 5.69 Å². The van der Waals surface area contributed by atoms with E-state index in [2.05, 4.69) is 18.3 Å². The van der Waals surface area contributed by atoms with Crippen molar-refractivity contribution in [1.82, 2.24) is 0 Å². The van der Waals surface area contributed by atoms with Gasteiger partial charge in [-0.3, -0.25) is 0 Å². The van der Waals surface area contributed by atoms with Crippen LogP contribution in [0.15, 0.2) is 24.3 Å². The first-order chi connectivity index (χ1) is 9.73. The second-order valence-corrected chi connectivity index (χ2v) is 5.75. The minimum absolute atomic E-state index is 0.432. The zero-order chi connectivity index (χ0) is 14.4. The molecular formula is C17H24N2O. The maximum absolute atomic E-state index is 9.63. The van der Waals surface area contributed by atoms with Crippen LogP contribution in [-0.2, 0) is 0 Å². The Hall–Kier alpha value is -1.69. The largest absolute Gasteiger partial charge is 0.495 e. The Labute approximate surface area is 121 Å². The van der Waals surface area contributed by atoms with Gasteiger partial charge in [-0.2, -0.15) is 5.26 Å². The quantitative estimate of drug-likeness (QED) is 0.866. The molecule has 1 aromatic carbocycles. The second-order valence-electron chi connectivity index (χ2n) is 5.75. The maximum atomic E-state index is 9.63. The van der Waals surface area contributed by atoms with E-state index in [-0.39, 0.29) is 0 Å². The Bertz CT molecular complexity index is 470. The van der Waals surface area contributed by atoms with Crippen molar-refractivity contribution < 1.29 is 4.74 Å². The molecule has 20 heavy (non-hydrogen) atoms. The molecule has 0 aromatic heterocycles. The third-order valence-electron chi connectivity index (χ3n) is 4.35. The Morgan fingerprint density at radius 2 is 2.05 bits per heavy atom. The van der Waals surface area contributed by atoms with Crippen molar-refractivity contribution in [3.05, 3.63) is 24.3 Å². The van der Waals surface area contributed by atoms with E-state index >= 15 is 0 Å². The fourth-order valence-corrected chi connectivity index (χ4v) is 3.14. The van der Waals surface area contributed by atoms with Gasteiger partial charge >= 0.3 is 0 Å². The lowest BCUT2D eigenvalue weighted by atomic mass is 9.75. The molecule has 3 heteroatoms. The van der Waals surface area contributed by atoms with Crippen LogP contribution >= 0.6 is 0 Å². The molecule has 1 aliphatic carbocycles. The molecule has 0 spiro atoms. The highest BCUT2D eigenvalue weighted by atomic mass is 16.5. The molecule has 0 bridgehead atoms. The summed E-state index contributed by atoms with van der Waals surface area (Å²) in [6, 6.07) is 10.3. The summed E-state index contributed by atoms with van der Waals surface area (Å²) in [5, 5.41) is 13.1. The van der Waals surface area contributed by atoms with Gasteiger partial charge in [0.2, 0.25) is 0 Å². The number of rotatable bonds is 5. The maximum Gasteiger partial charge on any atom is 0.141 e. The molecule has 2 rings (SSSR count). The summed E-state index contributed by atoms with van der Waals surface area (Å²) in [6.45, 7) is 2.24. The van der Waals surface area contributed by atoms with Gasteiger partial charge in [0.05, 0.1) is 18.9 Å². The lowest BCUT2D eigenvalue weighted by molar-refractivity contribution is 0.281. The fourth-order valence-electron chi connectivity index (χ4n) is 3.14. The molecular weight excluding hydrogens is 248 g/mol. The van der Waals surface area contributed by atoms with Crippen LogP contribution in [0.4, 0.5) is 5.69 Å². The van der Waals surface area contributed by atoms with Crippen molar-refractivity contribution in [3.8, 4) is 11.8 Å². The molecule has 1 aliphatic rings. The van der Waals surface area contributed by atoms with Gasteiger partial charge in [-0.1, -0.05) is 31.9 Å². The van der Waals surface area contributed by atoms with Crippen LogP contribution in [0.5, 0.6) is 5.75 Å². The van der Waals surface area contributed by atoms with E-state index in [9.17, 15) is 5.26 Å². The summed E-state index contributed by atoms with van der Waals surface area (Å²) in [5.41, 5.74) is 0.490. The third kappa shape index (κ3) is 3.25. The van der Waals surface area contributed by atoms with Gasteiger partial charge < -0.3 is 10.1 Å². The number of ether oxygens (including phenoxy) is 1. The van der Waals surface area contributed by atoms with Gasteiger partial charge in [-0.05, 0) is 43.7 Å². The van der Waals surface area contributed by atoms with Crippen molar-refractivity contribution in [3.63, 3.8) is 0 Å². The number of hydrogen-bond donors (Lipinski definition) is 1. The number of nitriles is 1. The predicted octanol–water partition coefficient (Wildman–Crippen LogP) is 4.36. The minimum atomic E-state index is -0.432. The number of hydrogen-bond acceptors (Lipinski definition) is 3. The van der Waals surface area contributed by atoms with Crippen molar-refractivity contribution in [1.29, 1.82) is 5.26 Å². The van der Waals surface area contributed by atoms with Crippen molar-refractivity contribution in [2.24, 2.45) is 5.92 Å². The summed E-state index contributed by atoms with van der Waals surface area (Å²) in [4.78, 5) is 0. The van der Waals surface area contributed by atoms with E-state index < -0.39 is 5.54 Å². The first-order valence-corrected chi connectivity index (χ1v) is 7.55. The average molecular weight is 272 g/mol. The van der Waals surface area contributed by atoms with E-state index in [0.717, 1.165) is 43.0 Å². The third-order valence-corrected chi connectivity index (χ3v) is 4.35.